The molecule has 0 N–H and O–H groups in total. The molecule has 1 aliphatic carbocycles. The molecule has 0 bridgehead atoms. The number of Topliss-reactive ketones (excluding diaryl/α,β-unsaturated/α-hetero) is 1. The van der Waals surface area contributed by atoms with E-state index in [4.69, 9.17) is 0 Å². The highest BCUT2D eigenvalue weighted by molar-refractivity contribution is 6.11. The lowest BCUT2D eigenvalue weighted by Gasteiger charge is -2.20. The summed E-state index contributed by atoms with van der Waals surface area (Å²) in [7, 11) is 0. The summed E-state index contributed by atoms with van der Waals surface area (Å²) in [5.74, 6) is -1.08. The van der Waals surface area contributed by atoms with Gasteiger partial charge >= 0.3 is 0 Å². The number of aryl methyl sites for hydroxylation is 1. The van der Waals surface area contributed by atoms with Gasteiger partial charge in [0.15, 0.2) is 5.78 Å². The average Bonchev–Trinajstić information content (AvgIpc) is 2.27. The van der Waals surface area contributed by atoms with Crippen LogP contribution in [-0.4, -0.2) is 11.5 Å². The van der Waals surface area contributed by atoms with Crippen molar-refractivity contribution in [1.82, 2.24) is 0 Å². The maximum absolute atomic E-state index is 13.8. The first kappa shape index (κ1) is 12.7. The van der Waals surface area contributed by atoms with Crippen LogP contribution in [0.5, 0.6) is 0 Å². The number of carbonyl (C=O) groups excluding carboxylic acids is 1. The quantitative estimate of drug-likeness (QED) is 0.720. The molecule has 1 atom stereocenters. The highest BCUT2D eigenvalue weighted by Gasteiger charge is 2.29. The van der Waals surface area contributed by atoms with Gasteiger partial charge in [-0.05, 0) is 31.6 Å². The van der Waals surface area contributed by atoms with Crippen LogP contribution in [0, 0.1) is 6.92 Å². The van der Waals surface area contributed by atoms with E-state index in [1.807, 2.05) is 6.07 Å². The van der Waals surface area contributed by atoms with Crippen molar-refractivity contribution >= 4 is 5.78 Å². The predicted molar refractivity (Wildman–Crippen MR) is 66.9 cm³/mol. The molecule has 0 aromatic heterocycles. The summed E-state index contributed by atoms with van der Waals surface area (Å²) < 4.78 is 27.3. The monoisotopic (exact) mass is 248 g/mol. The van der Waals surface area contributed by atoms with E-state index in [2.05, 4.69) is 0 Å². The van der Waals surface area contributed by atoms with Crippen LogP contribution in [0.2, 0.25) is 0 Å². The molecule has 0 heterocycles. The minimum absolute atomic E-state index is 0.0422. The predicted octanol–water partition coefficient (Wildman–Crippen LogP) is 4.09. The van der Waals surface area contributed by atoms with Crippen LogP contribution in [-0.2, 0) is 0 Å². The smallest absolute Gasteiger partial charge is 0.195 e. The van der Waals surface area contributed by atoms with E-state index in [9.17, 15) is 13.6 Å². The van der Waals surface area contributed by atoms with E-state index in [1.165, 1.54) is 19.1 Å². The highest BCUT2D eigenvalue weighted by atomic mass is 19.1. The van der Waals surface area contributed by atoms with E-state index < -0.39 is 17.3 Å². The zero-order valence-electron chi connectivity index (χ0n) is 10.3. The summed E-state index contributed by atoms with van der Waals surface area (Å²) in [6, 6.07) is 6.98. The largest absolute Gasteiger partial charge is 0.289 e. The summed E-state index contributed by atoms with van der Waals surface area (Å²) in [5, 5.41) is 0. The van der Waals surface area contributed by atoms with Crippen LogP contribution in [0.15, 0.2) is 47.8 Å². The Kier molecular flexibility index (Phi) is 3.16. The molecule has 1 aromatic rings. The molecule has 1 aliphatic rings. The summed E-state index contributed by atoms with van der Waals surface area (Å²) in [6.07, 6.45) is 2.10. The number of hydrogen-bond acceptors (Lipinski definition) is 1. The Balaban J connectivity index is 2.37. The van der Waals surface area contributed by atoms with E-state index in [0.29, 0.717) is 5.56 Å². The van der Waals surface area contributed by atoms with Gasteiger partial charge in [0.2, 0.25) is 0 Å². The van der Waals surface area contributed by atoms with E-state index in [-0.39, 0.29) is 12.0 Å². The zero-order valence-corrected chi connectivity index (χ0v) is 10.3. The number of rotatable bonds is 2. The molecule has 0 radical (unpaired) electrons. The topological polar surface area (TPSA) is 17.1 Å². The Morgan fingerprint density at radius 3 is 2.61 bits per heavy atom. The Bertz CT molecular complexity index is 553. The van der Waals surface area contributed by atoms with Crippen molar-refractivity contribution in [1.29, 1.82) is 0 Å². The van der Waals surface area contributed by atoms with Gasteiger partial charge < -0.3 is 0 Å². The molecule has 18 heavy (non-hydrogen) atoms. The van der Waals surface area contributed by atoms with Gasteiger partial charge in [-0.25, -0.2) is 8.78 Å². The second-order valence-electron chi connectivity index (χ2n) is 4.75. The fourth-order valence-corrected chi connectivity index (χ4v) is 1.98. The van der Waals surface area contributed by atoms with Gasteiger partial charge in [-0.15, -0.1) is 0 Å². The van der Waals surface area contributed by atoms with Crippen LogP contribution in [0.25, 0.3) is 0 Å². The molecule has 0 fully saturated rings. The Morgan fingerprint density at radius 1 is 1.33 bits per heavy atom. The summed E-state index contributed by atoms with van der Waals surface area (Å²) >= 11 is 0. The number of allylic oxidation sites excluding steroid dienone is 4. The lowest BCUT2D eigenvalue weighted by molar-refractivity contribution is 0.103. The summed E-state index contributed by atoms with van der Waals surface area (Å²) in [6.45, 7) is 3.08. The normalized spacial score (nSPS) is 23.3. The minimum Gasteiger partial charge on any atom is -0.289 e. The number of carbonyl (C=O) groups is 1. The SMILES string of the molecule is Cc1ccccc1C(=O)C1=C(F)CC(C)(F)C=C1. The first-order chi connectivity index (χ1) is 8.41. The minimum atomic E-state index is -1.71. The molecule has 0 amide bonds. The third-order valence-electron chi connectivity index (χ3n) is 3.02. The molecule has 0 saturated carbocycles. The highest BCUT2D eigenvalue weighted by Crippen LogP contribution is 2.32. The molecule has 1 aromatic carbocycles. The average molecular weight is 248 g/mol. The van der Waals surface area contributed by atoms with Crippen molar-refractivity contribution in [2.24, 2.45) is 0 Å². The third kappa shape index (κ3) is 2.40. The zero-order chi connectivity index (χ0) is 13.3. The fraction of sp³-hybridized carbons (Fsp3) is 0.267. The third-order valence-corrected chi connectivity index (χ3v) is 3.02. The number of benzene rings is 1. The Labute approximate surface area is 105 Å². The van der Waals surface area contributed by atoms with Gasteiger partial charge in [-0.1, -0.05) is 24.3 Å². The van der Waals surface area contributed by atoms with Crippen LogP contribution in [0.4, 0.5) is 8.78 Å². The number of hydrogen-bond donors (Lipinski definition) is 0. The molecule has 94 valence electrons. The van der Waals surface area contributed by atoms with Crippen LogP contribution < -0.4 is 0 Å². The summed E-state index contributed by atoms with van der Waals surface area (Å²) in [4.78, 5) is 12.2. The molecule has 3 heteroatoms. The van der Waals surface area contributed by atoms with Crippen molar-refractivity contribution in [3.63, 3.8) is 0 Å². The van der Waals surface area contributed by atoms with Crippen molar-refractivity contribution < 1.29 is 13.6 Å². The molecule has 1 unspecified atom stereocenters. The van der Waals surface area contributed by atoms with E-state index in [0.717, 1.165) is 5.56 Å². The molecule has 1 nitrogen and oxygen atoms in total. The van der Waals surface area contributed by atoms with E-state index >= 15 is 0 Å². The van der Waals surface area contributed by atoms with E-state index in [1.54, 1.807) is 25.1 Å². The van der Waals surface area contributed by atoms with Gasteiger partial charge in [0.25, 0.3) is 0 Å². The maximum Gasteiger partial charge on any atom is 0.195 e. The first-order valence-electron chi connectivity index (χ1n) is 5.78. The molecular formula is C15H14F2O. The Morgan fingerprint density at radius 2 is 2.00 bits per heavy atom. The van der Waals surface area contributed by atoms with Crippen molar-refractivity contribution in [3.05, 3.63) is 58.9 Å². The van der Waals surface area contributed by atoms with Gasteiger partial charge in [0, 0.05) is 12.0 Å². The van der Waals surface area contributed by atoms with Crippen molar-refractivity contribution in [2.75, 3.05) is 0 Å². The molecule has 0 saturated heterocycles. The Hall–Kier alpha value is -1.77. The van der Waals surface area contributed by atoms with Crippen LogP contribution in [0.1, 0.15) is 29.3 Å². The molecular weight excluding hydrogens is 234 g/mol. The second-order valence-corrected chi connectivity index (χ2v) is 4.75. The standard InChI is InChI=1S/C15H14F2O/c1-10-5-3-4-6-11(10)14(18)12-7-8-15(2,17)9-13(12)16/h3-8H,9H2,1-2H3. The molecule has 0 aliphatic heterocycles. The summed E-state index contributed by atoms with van der Waals surface area (Å²) in [5.41, 5.74) is -0.515. The lowest BCUT2D eigenvalue weighted by atomic mass is 9.90. The van der Waals surface area contributed by atoms with Gasteiger partial charge in [-0.3, -0.25) is 4.79 Å². The molecule has 0 spiro atoms. The molecule has 2 rings (SSSR count). The van der Waals surface area contributed by atoms with Gasteiger partial charge in [-0.2, -0.15) is 0 Å². The first-order valence-corrected chi connectivity index (χ1v) is 5.78. The van der Waals surface area contributed by atoms with Crippen LogP contribution in [0.3, 0.4) is 0 Å². The van der Waals surface area contributed by atoms with Crippen molar-refractivity contribution in [3.8, 4) is 0 Å². The number of ketones is 1. The van der Waals surface area contributed by atoms with Gasteiger partial charge in [0.1, 0.15) is 11.5 Å². The van der Waals surface area contributed by atoms with Crippen LogP contribution >= 0.6 is 0 Å². The second kappa shape index (κ2) is 4.48. The van der Waals surface area contributed by atoms with Crippen molar-refractivity contribution in [2.45, 2.75) is 25.9 Å². The lowest BCUT2D eigenvalue weighted by Crippen LogP contribution is -2.20. The fourth-order valence-electron chi connectivity index (χ4n) is 1.98. The maximum atomic E-state index is 13.8. The number of halogens is 2. The van der Waals surface area contributed by atoms with Gasteiger partial charge in [0.05, 0.1) is 5.57 Å². The number of alkyl halides is 1.